The van der Waals surface area contributed by atoms with Crippen LogP contribution in [0.25, 0.3) is 0 Å². The van der Waals surface area contributed by atoms with Crippen LogP contribution < -0.4 is 0 Å². The molecule has 3 heteroatoms. The van der Waals surface area contributed by atoms with Gasteiger partial charge >= 0.3 is 5.97 Å². The average molecular weight is 185 g/mol. The second kappa shape index (κ2) is 7.77. The number of carbonyl (C=O) groups is 1. The van der Waals surface area contributed by atoms with E-state index in [1.807, 2.05) is 0 Å². The Labute approximate surface area is 80.0 Å². The Hall–Kier alpha value is -0.860. The van der Waals surface area contributed by atoms with Gasteiger partial charge in [-0.25, -0.2) is 0 Å². The molecule has 13 heavy (non-hydrogen) atoms. The summed E-state index contributed by atoms with van der Waals surface area (Å²) in [5.41, 5.74) is 0. The number of esters is 1. The van der Waals surface area contributed by atoms with Crippen molar-refractivity contribution in [3.8, 4) is 0 Å². The summed E-state index contributed by atoms with van der Waals surface area (Å²) in [6.45, 7) is 4.31. The Balaban J connectivity index is 3.32. The van der Waals surface area contributed by atoms with Crippen LogP contribution in [0.5, 0.6) is 0 Å². The van der Waals surface area contributed by atoms with Gasteiger partial charge in [0.25, 0.3) is 0 Å². The molecule has 3 nitrogen and oxygen atoms in total. The van der Waals surface area contributed by atoms with E-state index >= 15 is 0 Å². The highest BCUT2D eigenvalue weighted by Gasteiger charge is 2.09. The Bertz CT molecular complexity index is 157. The normalized spacial score (nSPS) is 12.2. The van der Waals surface area contributed by atoms with Crippen LogP contribution >= 0.6 is 0 Å². The van der Waals surface area contributed by atoms with Gasteiger partial charge in [0, 0.05) is 6.21 Å². The average Bonchev–Trinajstić information content (AvgIpc) is 2.16. The van der Waals surface area contributed by atoms with Crippen molar-refractivity contribution in [2.24, 2.45) is 5.92 Å². The summed E-state index contributed by atoms with van der Waals surface area (Å²) < 4.78 is 4.95. The van der Waals surface area contributed by atoms with Crippen LogP contribution in [0.1, 0.15) is 39.5 Å². The molecular formula is C10H19NO2. The summed E-state index contributed by atoms with van der Waals surface area (Å²) in [6.07, 6.45) is 5.53. The second-order valence-corrected chi connectivity index (χ2v) is 3.18. The van der Waals surface area contributed by atoms with Gasteiger partial charge in [-0.2, -0.15) is 0 Å². The third-order valence-electron chi connectivity index (χ3n) is 1.86. The molecule has 0 aromatic carbocycles. The highest BCUT2D eigenvalue weighted by molar-refractivity contribution is 5.88. The lowest BCUT2D eigenvalue weighted by Crippen LogP contribution is -2.16. The summed E-state index contributed by atoms with van der Waals surface area (Å²) in [4.78, 5) is 11.0. The molecule has 0 saturated heterocycles. The van der Waals surface area contributed by atoms with E-state index in [2.05, 4.69) is 6.92 Å². The standard InChI is InChI=1S/C10H19NO2/c1-3-4-5-6-7-13-10(12)9(2)8-11/h8-9,11H,3-7H2,1-2H3. The van der Waals surface area contributed by atoms with Gasteiger partial charge in [0.2, 0.25) is 0 Å². The maximum absolute atomic E-state index is 11.0. The number of nitrogens with one attached hydrogen (secondary N) is 1. The van der Waals surface area contributed by atoms with Crippen LogP contribution in [-0.4, -0.2) is 18.8 Å². The molecule has 0 bridgehead atoms. The number of hydrogen-bond donors (Lipinski definition) is 1. The molecule has 0 spiro atoms. The van der Waals surface area contributed by atoms with E-state index in [1.54, 1.807) is 6.92 Å². The fourth-order valence-electron chi connectivity index (χ4n) is 0.901. The predicted molar refractivity (Wildman–Crippen MR) is 53.0 cm³/mol. The Morgan fingerprint density at radius 3 is 2.69 bits per heavy atom. The fourth-order valence-corrected chi connectivity index (χ4v) is 0.901. The molecule has 0 rings (SSSR count). The second-order valence-electron chi connectivity index (χ2n) is 3.18. The molecule has 76 valence electrons. The predicted octanol–water partition coefficient (Wildman–Crippen LogP) is 2.40. The van der Waals surface area contributed by atoms with Crippen molar-refractivity contribution in [1.82, 2.24) is 0 Å². The lowest BCUT2D eigenvalue weighted by atomic mass is 10.2. The maximum Gasteiger partial charge on any atom is 0.314 e. The quantitative estimate of drug-likeness (QED) is 0.376. The molecule has 0 aliphatic rings. The number of unbranched alkanes of at least 4 members (excludes halogenated alkanes) is 3. The Kier molecular flexibility index (Phi) is 7.26. The third kappa shape index (κ3) is 6.31. The first-order valence-electron chi connectivity index (χ1n) is 4.89. The fraction of sp³-hybridized carbons (Fsp3) is 0.800. The monoisotopic (exact) mass is 185 g/mol. The van der Waals surface area contributed by atoms with E-state index in [1.165, 1.54) is 12.8 Å². The summed E-state index contributed by atoms with van der Waals surface area (Å²) in [6, 6.07) is 0. The van der Waals surface area contributed by atoms with Crippen molar-refractivity contribution in [2.45, 2.75) is 39.5 Å². The molecule has 0 radical (unpaired) electrons. The molecule has 0 aliphatic heterocycles. The minimum absolute atomic E-state index is 0.286. The van der Waals surface area contributed by atoms with Crippen LogP contribution in [-0.2, 0) is 9.53 Å². The van der Waals surface area contributed by atoms with Crippen LogP contribution in [0.4, 0.5) is 0 Å². The summed E-state index contributed by atoms with van der Waals surface area (Å²) in [5.74, 6) is -0.683. The molecule has 1 unspecified atom stereocenters. The van der Waals surface area contributed by atoms with E-state index in [-0.39, 0.29) is 5.97 Å². The van der Waals surface area contributed by atoms with Crippen LogP contribution in [0.15, 0.2) is 0 Å². The zero-order valence-electron chi connectivity index (χ0n) is 8.51. The van der Waals surface area contributed by atoms with Gasteiger partial charge in [0.1, 0.15) is 0 Å². The highest BCUT2D eigenvalue weighted by Crippen LogP contribution is 2.01. The molecule has 0 amide bonds. The van der Waals surface area contributed by atoms with E-state index in [0.29, 0.717) is 6.61 Å². The van der Waals surface area contributed by atoms with E-state index in [9.17, 15) is 4.79 Å². The van der Waals surface area contributed by atoms with Crippen molar-refractivity contribution < 1.29 is 9.53 Å². The molecule has 0 saturated carbocycles. The van der Waals surface area contributed by atoms with Crippen LogP contribution in [0.2, 0.25) is 0 Å². The van der Waals surface area contributed by atoms with Gasteiger partial charge in [-0.05, 0) is 13.3 Å². The molecule has 0 fully saturated rings. The molecule has 0 aliphatic carbocycles. The van der Waals surface area contributed by atoms with Crippen LogP contribution in [0, 0.1) is 11.3 Å². The Morgan fingerprint density at radius 1 is 1.46 bits per heavy atom. The van der Waals surface area contributed by atoms with Crippen molar-refractivity contribution in [3.05, 3.63) is 0 Å². The van der Waals surface area contributed by atoms with Crippen molar-refractivity contribution in [1.29, 1.82) is 5.41 Å². The molecular weight excluding hydrogens is 166 g/mol. The molecule has 0 aromatic heterocycles. The minimum Gasteiger partial charge on any atom is -0.465 e. The third-order valence-corrected chi connectivity index (χ3v) is 1.86. The smallest absolute Gasteiger partial charge is 0.314 e. The van der Waals surface area contributed by atoms with Crippen LogP contribution in [0.3, 0.4) is 0 Å². The van der Waals surface area contributed by atoms with Gasteiger partial charge in [0.05, 0.1) is 12.5 Å². The molecule has 0 heterocycles. The first-order chi connectivity index (χ1) is 6.22. The number of carbonyl (C=O) groups excluding carboxylic acids is 1. The van der Waals surface area contributed by atoms with Gasteiger partial charge < -0.3 is 10.1 Å². The Morgan fingerprint density at radius 2 is 2.15 bits per heavy atom. The number of hydrogen-bond acceptors (Lipinski definition) is 3. The summed E-state index contributed by atoms with van der Waals surface area (Å²) >= 11 is 0. The van der Waals surface area contributed by atoms with Gasteiger partial charge in [-0.1, -0.05) is 26.2 Å². The largest absolute Gasteiger partial charge is 0.465 e. The van der Waals surface area contributed by atoms with Crippen molar-refractivity contribution in [3.63, 3.8) is 0 Å². The minimum atomic E-state index is -0.397. The number of ether oxygens (including phenoxy) is 1. The lowest BCUT2D eigenvalue weighted by Gasteiger charge is -2.06. The summed E-state index contributed by atoms with van der Waals surface area (Å²) in [7, 11) is 0. The zero-order chi connectivity index (χ0) is 10.1. The van der Waals surface area contributed by atoms with E-state index in [0.717, 1.165) is 19.1 Å². The van der Waals surface area contributed by atoms with E-state index < -0.39 is 5.92 Å². The maximum atomic E-state index is 11.0. The zero-order valence-corrected chi connectivity index (χ0v) is 8.51. The number of rotatable bonds is 7. The topological polar surface area (TPSA) is 50.2 Å². The molecule has 0 aromatic rings. The first kappa shape index (κ1) is 12.1. The van der Waals surface area contributed by atoms with Crippen molar-refractivity contribution in [2.75, 3.05) is 6.61 Å². The highest BCUT2D eigenvalue weighted by atomic mass is 16.5. The van der Waals surface area contributed by atoms with Gasteiger partial charge in [-0.15, -0.1) is 0 Å². The van der Waals surface area contributed by atoms with Gasteiger partial charge in [0.15, 0.2) is 0 Å². The lowest BCUT2D eigenvalue weighted by molar-refractivity contribution is -0.145. The van der Waals surface area contributed by atoms with Crippen molar-refractivity contribution >= 4 is 12.2 Å². The van der Waals surface area contributed by atoms with Gasteiger partial charge in [-0.3, -0.25) is 4.79 Å². The SMILES string of the molecule is CCCCCCOC(=O)C(C)C=N. The molecule has 1 atom stereocenters. The van der Waals surface area contributed by atoms with E-state index in [4.69, 9.17) is 10.1 Å². The summed E-state index contributed by atoms with van der Waals surface area (Å²) in [5, 5.41) is 6.86. The molecule has 1 N–H and O–H groups in total. The first-order valence-corrected chi connectivity index (χ1v) is 4.89.